The molecule has 30 heavy (non-hydrogen) atoms. The first-order chi connectivity index (χ1) is 14.4. The number of hydrogen-bond acceptors (Lipinski definition) is 8. The van der Waals surface area contributed by atoms with Gasteiger partial charge in [0.1, 0.15) is 18.7 Å². The van der Waals surface area contributed by atoms with E-state index in [1.807, 2.05) is 12.1 Å². The zero-order chi connectivity index (χ0) is 21.7. The lowest BCUT2D eigenvalue weighted by molar-refractivity contribution is 0.0341. The van der Waals surface area contributed by atoms with Crippen LogP contribution >= 0.6 is 32.4 Å². The fourth-order valence-electron chi connectivity index (χ4n) is 2.80. The number of aromatic nitrogens is 2. The van der Waals surface area contributed by atoms with E-state index in [0.717, 1.165) is 12.0 Å². The van der Waals surface area contributed by atoms with Crippen LogP contribution < -0.4 is 15.0 Å². The van der Waals surface area contributed by atoms with Gasteiger partial charge in [-0.25, -0.2) is 4.79 Å². The molecule has 0 aliphatic carbocycles. The number of H-pyrrole nitrogens is 1. The Balaban J connectivity index is 0.000000171. The minimum Gasteiger partial charge on any atom is -0.493 e. The number of nitrogens with one attached hydrogen (secondary N) is 1. The molecule has 2 N–H and O–H groups in total. The Morgan fingerprint density at radius 3 is 2.93 bits per heavy atom. The molecule has 4 rings (SSSR count). The minimum atomic E-state index is -1.51. The van der Waals surface area contributed by atoms with E-state index >= 15 is 0 Å². The molecule has 2 aliphatic heterocycles. The number of methoxy groups -OCH3 is 1. The monoisotopic (exact) mass is 472 g/mol. The van der Waals surface area contributed by atoms with Gasteiger partial charge in [0.05, 0.1) is 18.7 Å². The van der Waals surface area contributed by atoms with E-state index in [4.69, 9.17) is 59.8 Å². The summed E-state index contributed by atoms with van der Waals surface area (Å²) in [6.45, 7) is -0.0194. The van der Waals surface area contributed by atoms with Gasteiger partial charge in [-0.05, 0) is 18.9 Å². The van der Waals surface area contributed by atoms with Crippen LogP contribution in [-0.4, -0.2) is 42.4 Å². The molecule has 3 heterocycles. The Morgan fingerprint density at radius 1 is 1.47 bits per heavy atom. The molecule has 1 aromatic carbocycles. The van der Waals surface area contributed by atoms with Crippen LogP contribution in [0.4, 0.5) is 0 Å². The molecule has 2 unspecified atom stereocenters. The van der Waals surface area contributed by atoms with Crippen LogP contribution in [0.25, 0.3) is 0 Å². The highest BCUT2D eigenvalue weighted by Gasteiger charge is 2.26. The standard InChI is InChI=1S/C9H11O5P.C8H8BClN2O2S/c1-11-8-4-2-3-7-5-12-15(13-6-10)14-9(7)8;9-5-1-2-6(14-5)12-3-4(10)7(15)11-8(12)13/h2-4,10H,5-6H2,1H3;3,5-6H,1-2H2,(H,11,13,15)/t;5-,6?/m.0/s1. The van der Waals surface area contributed by atoms with Gasteiger partial charge in [0.2, 0.25) is 0 Å². The first-order valence-corrected chi connectivity index (χ1v) is 10.7. The molecule has 1 fully saturated rings. The van der Waals surface area contributed by atoms with Gasteiger partial charge in [0, 0.05) is 17.8 Å². The Bertz CT molecular complexity index is 977. The predicted octanol–water partition coefficient (Wildman–Crippen LogP) is 3.16. The molecule has 2 aliphatic rings. The Labute approximate surface area is 185 Å². The summed E-state index contributed by atoms with van der Waals surface area (Å²) in [5.41, 5.74) is 0.582. The summed E-state index contributed by atoms with van der Waals surface area (Å²) in [4.78, 5) is 14.0. The maximum absolute atomic E-state index is 11.5. The van der Waals surface area contributed by atoms with E-state index in [-0.39, 0.29) is 22.6 Å². The van der Waals surface area contributed by atoms with Crippen molar-refractivity contribution in [3.8, 4) is 11.5 Å². The molecule has 3 atom stereocenters. The maximum Gasteiger partial charge on any atom is 0.399 e. The number of ether oxygens (including phenoxy) is 2. The zero-order valence-electron chi connectivity index (χ0n) is 15.9. The fraction of sp³-hybridized carbons (Fsp3) is 0.412. The van der Waals surface area contributed by atoms with E-state index in [1.54, 1.807) is 13.2 Å². The molecule has 0 saturated carbocycles. The summed E-state index contributed by atoms with van der Waals surface area (Å²) in [7, 11) is 5.64. The van der Waals surface area contributed by atoms with Gasteiger partial charge in [0.25, 0.3) is 0 Å². The molecule has 160 valence electrons. The van der Waals surface area contributed by atoms with Gasteiger partial charge in [0.15, 0.2) is 18.3 Å². The Hall–Kier alpha value is -1.46. The number of hydrogen-bond donors (Lipinski definition) is 2. The first-order valence-electron chi connectivity index (χ1n) is 8.85. The molecular weight excluding hydrogens is 454 g/mol. The van der Waals surface area contributed by atoms with Crippen LogP contribution in [0.1, 0.15) is 24.6 Å². The van der Waals surface area contributed by atoms with Crippen molar-refractivity contribution in [3.63, 3.8) is 0 Å². The van der Waals surface area contributed by atoms with Gasteiger partial charge < -0.3 is 19.1 Å². The summed E-state index contributed by atoms with van der Waals surface area (Å²) in [6, 6.07) is 5.24. The van der Waals surface area contributed by atoms with Crippen molar-refractivity contribution in [3.05, 3.63) is 50.1 Å². The van der Waals surface area contributed by atoms with Crippen molar-refractivity contribution in [2.24, 2.45) is 0 Å². The van der Waals surface area contributed by atoms with Crippen LogP contribution in [0.2, 0.25) is 5.02 Å². The van der Waals surface area contributed by atoms with Crippen LogP contribution in [-0.2, 0) is 20.4 Å². The number of aliphatic hydroxyl groups excluding tert-OH is 1. The molecule has 2 radical (unpaired) electrons. The number of halogens is 1. The van der Waals surface area contributed by atoms with Gasteiger partial charge >= 0.3 is 14.3 Å². The van der Waals surface area contributed by atoms with E-state index in [1.165, 1.54) is 10.8 Å². The van der Waals surface area contributed by atoms with Crippen LogP contribution in [0.15, 0.2) is 29.2 Å². The van der Waals surface area contributed by atoms with Crippen LogP contribution in [0.5, 0.6) is 11.5 Å². The Morgan fingerprint density at radius 2 is 2.27 bits per heavy atom. The van der Waals surface area contributed by atoms with Crippen molar-refractivity contribution in [2.45, 2.75) is 31.7 Å². The van der Waals surface area contributed by atoms with Gasteiger partial charge in [-0.3, -0.25) is 18.6 Å². The number of benzene rings is 1. The summed E-state index contributed by atoms with van der Waals surface area (Å²) in [5.74, 6) is 1.27. The molecule has 2 aromatic rings. The second-order valence-electron chi connectivity index (χ2n) is 6.15. The lowest BCUT2D eigenvalue weighted by Crippen LogP contribution is -2.27. The average molecular weight is 473 g/mol. The van der Waals surface area contributed by atoms with Crippen LogP contribution in [0.3, 0.4) is 0 Å². The molecule has 9 nitrogen and oxygen atoms in total. The number of aliphatic hydroxyl groups is 1. The van der Waals surface area contributed by atoms with Crippen molar-refractivity contribution < 1.29 is 28.2 Å². The SMILES string of the molecule is COc1cccc2c1OP(OCO)OC2.[B][C@@H]1CCC(n2cc(Cl)c(=S)[nH]c2=O)O1. The van der Waals surface area contributed by atoms with E-state index in [0.29, 0.717) is 29.5 Å². The van der Waals surface area contributed by atoms with E-state index < -0.39 is 15.4 Å². The highest BCUT2D eigenvalue weighted by molar-refractivity contribution is 7.71. The van der Waals surface area contributed by atoms with Gasteiger partial charge in [-0.1, -0.05) is 36.0 Å². The third-order valence-corrected chi connectivity index (χ3v) is 5.92. The van der Waals surface area contributed by atoms with E-state index in [9.17, 15) is 4.79 Å². The smallest absolute Gasteiger partial charge is 0.399 e. The van der Waals surface area contributed by atoms with Gasteiger partial charge in [-0.2, -0.15) is 0 Å². The molecule has 0 bridgehead atoms. The van der Waals surface area contributed by atoms with Crippen molar-refractivity contribution in [1.29, 1.82) is 0 Å². The Kier molecular flexibility index (Phi) is 8.30. The van der Waals surface area contributed by atoms with Gasteiger partial charge in [-0.15, -0.1) is 0 Å². The fourth-order valence-corrected chi connectivity index (χ4v) is 3.96. The largest absolute Gasteiger partial charge is 0.493 e. The second kappa shape index (κ2) is 10.7. The molecule has 0 amide bonds. The normalized spacial score (nSPS) is 22.4. The number of aromatic amines is 1. The zero-order valence-corrected chi connectivity index (χ0v) is 18.4. The molecular formula is C17H19BClN2O7PS. The first kappa shape index (κ1) is 23.2. The quantitative estimate of drug-likeness (QED) is 0.303. The highest BCUT2D eigenvalue weighted by Crippen LogP contribution is 2.50. The highest BCUT2D eigenvalue weighted by atomic mass is 35.5. The molecule has 0 spiro atoms. The number of rotatable bonds is 4. The van der Waals surface area contributed by atoms with Crippen molar-refractivity contribution >= 4 is 40.3 Å². The maximum atomic E-state index is 11.5. The topological polar surface area (TPSA) is 104 Å². The lowest BCUT2D eigenvalue weighted by Gasteiger charge is -2.24. The average Bonchev–Trinajstić information content (AvgIpc) is 3.17. The number of nitrogens with zero attached hydrogens (tertiary/aromatic N) is 1. The van der Waals surface area contributed by atoms with Crippen LogP contribution in [0, 0.1) is 4.64 Å². The number of fused-ring (bicyclic) bond motifs is 1. The summed E-state index contributed by atoms with van der Waals surface area (Å²) < 4.78 is 27.7. The lowest BCUT2D eigenvalue weighted by atomic mass is 9.98. The third kappa shape index (κ3) is 5.61. The minimum absolute atomic E-state index is 0.236. The number of para-hydroxylation sites is 1. The van der Waals surface area contributed by atoms with Crippen molar-refractivity contribution in [2.75, 3.05) is 13.9 Å². The van der Waals surface area contributed by atoms with Crippen molar-refractivity contribution in [1.82, 2.24) is 9.55 Å². The predicted molar refractivity (Wildman–Crippen MR) is 113 cm³/mol. The molecule has 1 saturated heterocycles. The van der Waals surface area contributed by atoms with E-state index in [2.05, 4.69) is 4.98 Å². The summed E-state index contributed by atoms with van der Waals surface area (Å²) in [6.07, 6.45) is 2.55. The molecule has 13 heteroatoms. The third-order valence-electron chi connectivity index (χ3n) is 4.20. The molecule has 1 aromatic heterocycles. The second-order valence-corrected chi connectivity index (χ2v) is 8.11. The summed E-state index contributed by atoms with van der Waals surface area (Å²) in [5, 5.41) is 8.92. The summed E-state index contributed by atoms with van der Waals surface area (Å²) >= 11 is 10.7.